The van der Waals surface area contributed by atoms with Crippen molar-refractivity contribution in [3.05, 3.63) is 102 Å². The van der Waals surface area contributed by atoms with Gasteiger partial charge in [-0.1, -0.05) is 78.4 Å². The maximum absolute atomic E-state index is 13.1. The molecule has 0 aromatic heterocycles. The quantitative estimate of drug-likeness (QED) is 0.715. The monoisotopic (exact) mass is 384 g/mol. The predicted molar refractivity (Wildman–Crippen MR) is 115 cm³/mol. The van der Waals surface area contributed by atoms with Crippen molar-refractivity contribution in [2.75, 3.05) is 11.4 Å². The van der Waals surface area contributed by atoms with Crippen molar-refractivity contribution in [3.8, 4) is 0 Å². The fourth-order valence-corrected chi connectivity index (χ4v) is 3.77. The molecule has 0 spiro atoms. The molecule has 3 aromatic carbocycles. The van der Waals surface area contributed by atoms with Crippen LogP contribution >= 0.6 is 0 Å². The summed E-state index contributed by atoms with van der Waals surface area (Å²) in [6.45, 7) is 2.42. The molecule has 1 fully saturated rings. The molecule has 4 heteroatoms. The van der Waals surface area contributed by atoms with Crippen LogP contribution in [0.25, 0.3) is 0 Å². The number of benzene rings is 3. The third kappa shape index (κ3) is 4.21. The molecule has 2 amide bonds. The second-order valence-corrected chi connectivity index (χ2v) is 7.50. The minimum absolute atomic E-state index is 0.00928. The number of carbonyl (C=O) groups is 2. The summed E-state index contributed by atoms with van der Waals surface area (Å²) in [7, 11) is 0. The van der Waals surface area contributed by atoms with Crippen LogP contribution in [0.5, 0.6) is 0 Å². The number of amides is 2. The summed E-state index contributed by atoms with van der Waals surface area (Å²) in [6, 6.07) is 27.4. The molecule has 4 rings (SSSR count). The van der Waals surface area contributed by atoms with Crippen molar-refractivity contribution in [2.24, 2.45) is 5.92 Å². The highest BCUT2D eigenvalue weighted by Gasteiger charge is 2.36. The highest BCUT2D eigenvalue weighted by atomic mass is 16.2. The van der Waals surface area contributed by atoms with Crippen molar-refractivity contribution in [1.29, 1.82) is 0 Å². The Kier molecular flexibility index (Phi) is 5.43. The Labute approximate surface area is 171 Å². The Bertz CT molecular complexity index is 945. The first-order chi connectivity index (χ1) is 14.1. The molecule has 0 unspecified atom stereocenters. The van der Waals surface area contributed by atoms with Gasteiger partial charge in [-0.15, -0.1) is 0 Å². The van der Waals surface area contributed by atoms with Gasteiger partial charge in [-0.2, -0.15) is 0 Å². The molecule has 0 bridgehead atoms. The molecule has 29 heavy (non-hydrogen) atoms. The van der Waals surface area contributed by atoms with Crippen LogP contribution in [-0.4, -0.2) is 18.4 Å². The average molecular weight is 384 g/mol. The number of nitrogens with zero attached hydrogens (tertiary/aromatic N) is 1. The van der Waals surface area contributed by atoms with E-state index in [9.17, 15) is 9.59 Å². The number of carbonyl (C=O) groups excluding carboxylic acids is 2. The minimum Gasteiger partial charge on any atom is -0.345 e. The van der Waals surface area contributed by atoms with Gasteiger partial charge in [0.1, 0.15) is 0 Å². The molecular formula is C25H24N2O2. The molecule has 1 heterocycles. The number of anilines is 1. The first kappa shape index (κ1) is 18.9. The van der Waals surface area contributed by atoms with Gasteiger partial charge in [0.05, 0.1) is 12.0 Å². The zero-order valence-corrected chi connectivity index (χ0v) is 16.4. The van der Waals surface area contributed by atoms with Gasteiger partial charge in [-0.05, 0) is 30.2 Å². The van der Waals surface area contributed by atoms with E-state index in [1.165, 1.54) is 0 Å². The van der Waals surface area contributed by atoms with Gasteiger partial charge in [0.25, 0.3) is 0 Å². The Hall–Kier alpha value is -3.40. The molecule has 1 N–H and O–H groups in total. The van der Waals surface area contributed by atoms with E-state index < -0.39 is 0 Å². The molecule has 0 saturated carbocycles. The topological polar surface area (TPSA) is 49.4 Å². The zero-order chi connectivity index (χ0) is 20.2. The van der Waals surface area contributed by atoms with Crippen LogP contribution in [0.3, 0.4) is 0 Å². The van der Waals surface area contributed by atoms with E-state index in [2.05, 4.69) is 5.32 Å². The largest absolute Gasteiger partial charge is 0.345 e. The molecule has 1 aliphatic heterocycles. The zero-order valence-electron chi connectivity index (χ0n) is 16.4. The van der Waals surface area contributed by atoms with Crippen molar-refractivity contribution in [2.45, 2.75) is 19.4 Å². The minimum atomic E-state index is -0.362. The standard InChI is InChI=1S/C25H24N2O2/c1-18-12-14-22(15-13-18)27-17-21(16-23(27)28)25(29)26-24(19-8-4-2-5-9-19)20-10-6-3-7-11-20/h2-15,21,24H,16-17H2,1H3,(H,26,29)/t21-/m1/s1. The lowest BCUT2D eigenvalue weighted by atomic mass is 9.97. The van der Waals surface area contributed by atoms with Gasteiger partial charge >= 0.3 is 0 Å². The summed E-state index contributed by atoms with van der Waals surface area (Å²) in [5.74, 6) is -0.464. The average Bonchev–Trinajstić information content (AvgIpc) is 3.15. The molecule has 3 aromatic rings. The predicted octanol–water partition coefficient (Wildman–Crippen LogP) is 4.25. The Morgan fingerprint density at radius 2 is 1.45 bits per heavy atom. The van der Waals surface area contributed by atoms with Crippen molar-refractivity contribution >= 4 is 17.5 Å². The van der Waals surface area contributed by atoms with E-state index in [-0.39, 0.29) is 30.2 Å². The normalized spacial score (nSPS) is 16.3. The van der Waals surface area contributed by atoms with Crippen LogP contribution in [0, 0.1) is 12.8 Å². The highest BCUT2D eigenvalue weighted by molar-refractivity contribution is 6.00. The third-order valence-electron chi connectivity index (χ3n) is 5.39. The maximum Gasteiger partial charge on any atom is 0.227 e. The highest BCUT2D eigenvalue weighted by Crippen LogP contribution is 2.27. The van der Waals surface area contributed by atoms with Crippen LogP contribution in [0.15, 0.2) is 84.9 Å². The number of nitrogens with one attached hydrogen (secondary N) is 1. The van der Waals surface area contributed by atoms with E-state index in [0.29, 0.717) is 6.54 Å². The lowest BCUT2D eigenvalue weighted by Crippen LogP contribution is -2.36. The Morgan fingerprint density at radius 1 is 0.897 bits per heavy atom. The first-order valence-electron chi connectivity index (χ1n) is 9.89. The van der Waals surface area contributed by atoms with Gasteiger partial charge in [-0.25, -0.2) is 0 Å². The van der Waals surface area contributed by atoms with Gasteiger partial charge < -0.3 is 10.2 Å². The number of aryl methyl sites for hydroxylation is 1. The molecule has 0 radical (unpaired) electrons. The Balaban J connectivity index is 1.52. The summed E-state index contributed by atoms with van der Waals surface area (Å²) in [5, 5.41) is 3.18. The number of hydrogen-bond donors (Lipinski definition) is 1. The van der Waals surface area contributed by atoms with Crippen molar-refractivity contribution in [3.63, 3.8) is 0 Å². The SMILES string of the molecule is Cc1ccc(N2C[C@H](C(=O)NC(c3ccccc3)c3ccccc3)CC2=O)cc1. The first-order valence-corrected chi connectivity index (χ1v) is 9.89. The van der Waals surface area contributed by atoms with Crippen LogP contribution in [0.4, 0.5) is 5.69 Å². The maximum atomic E-state index is 13.1. The molecule has 1 saturated heterocycles. The smallest absolute Gasteiger partial charge is 0.227 e. The molecule has 1 aliphatic rings. The van der Waals surface area contributed by atoms with Crippen molar-refractivity contribution < 1.29 is 9.59 Å². The number of hydrogen-bond acceptors (Lipinski definition) is 2. The van der Waals surface area contributed by atoms with Crippen LogP contribution in [0.1, 0.15) is 29.2 Å². The molecule has 4 nitrogen and oxygen atoms in total. The lowest BCUT2D eigenvalue weighted by Gasteiger charge is -2.22. The van der Waals surface area contributed by atoms with Gasteiger partial charge in [0.15, 0.2) is 0 Å². The molecule has 146 valence electrons. The van der Waals surface area contributed by atoms with Gasteiger partial charge in [-0.3, -0.25) is 9.59 Å². The van der Waals surface area contributed by atoms with E-state index in [1.807, 2.05) is 91.9 Å². The molecule has 1 atom stereocenters. The van der Waals surface area contributed by atoms with E-state index in [1.54, 1.807) is 4.90 Å². The second kappa shape index (κ2) is 8.31. The summed E-state index contributed by atoms with van der Waals surface area (Å²) < 4.78 is 0. The Morgan fingerprint density at radius 3 is 2.00 bits per heavy atom. The van der Waals surface area contributed by atoms with Crippen LogP contribution in [0.2, 0.25) is 0 Å². The van der Waals surface area contributed by atoms with Crippen LogP contribution in [-0.2, 0) is 9.59 Å². The molecular weight excluding hydrogens is 360 g/mol. The van der Waals surface area contributed by atoms with E-state index >= 15 is 0 Å². The summed E-state index contributed by atoms with van der Waals surface area (Å²) in [5.41, 5.74) is 4.03. The number of rotatable bonds is 5. The van der Waals surface area contributed by atoms with Crippen LogP contribution < -0.4 is 10.2 Å². The summed E-state index contributed by atoms with van der Waals surface area (Å²) in [6.07, 6.45) is 0.232. The van der Waals surface area contributed by atoms with Gasteiger partial charge in [0.2, 0.25) is 11.8 Å². The second-order valence-electron chi connectivity index (χ2n) is 7.50. The summed E-state index contributed by atoms with van der Waals surface area (Å²) in [4.78, 5) is 27.3. The fraction of sp³-hybridized carbons (Fsp3) is 0.200. The van der Waals surface area contributed by atoms with E-state index in [4.69, 9.17) is 0 Å². The summed E-state index contributed by atoms with van der Waals surface area (Å²) >= 11 is 0. The fourth-order valence-electron chi connectivity index (χ4n) is 3.77. The van der Waals surface area contributed by atoms with Gasteiger partial charge in [0, 0.05) is 18.7 Å². The molecule has 0 aliphatic carbocycles. The van der Waals surface area contributed by atoms with E-state index in [0.717, 1.165) is 22.4 Å². The lowest BCUT2D eigenvalue weighted by molar-refractivity contribution is -0.126. The third-order valence-corrected chi connectivity index (χ3v) is 5.39. The van der Waals surface area contributed by atoms with Crippen molar-refractivity contribution in [1.82, 2.24) is 5.32 Å².